The normalized spacial score (nSPS) is 10.6. The van der Waals surface area contributed by atoms with Gasteiger partial charge in [0.2, 0.25) is 0 Å². The van der Waals surface area contributed by atoms with Gasteiger partial charge in [-0.25, -0.2) is 9.67 Å². The van der Waals surface area contributed by atoms with Crippen molar-refractivity contribution in [2.75, 3.05) is 12.8 Å². The quantitative estimate of drug-likeness (QED) is 0.662. The molecule has 2 rings (SSSR count). The first kappa shape index (κ1) is 12.8. The predicted molar refractivity (Wildman–Crippen MR) is 72.7 cm³/mol. The number of rotatable bonds is 5. The minimum absolute atomic E-state index is 0.702. The van der Waals surface area contributed by atoms with Gasteiger partial charge in [-0.1, -0.05) is 0 Å². The van der Waals surface area contributed by atoms with E-state index in [1.54, 1.807) is 25.2 Å². The summed E-state index contributed by atoms with van der Waals surface area (Å²) in [6.07, 6.45) is 1.58. The molecule has 18 heavy (non-hydrogen) atoms. The number of aromatic nitrogens is 3. The maximum absolute atomic E-state index is 5.72. The summed E-state index contributed by atoms with van der Waals surface area (Å²) >= 11 is 1.66. The second-order valence-corrected chi connectivity index (χ2v) is 4.71. The third-order valence-electron chi connectivity index (χ3n) is 2.54. The first-order chi connectivity index (χ1) is 8.74. The number of aryl methyl sites for hydroxylation is 1. The lowest BCUT2D eigenvalue weighted by Gasteiger charge is -2.08. The van der Waals surface area contributed by atoms with Crippen LogP contribution in [0.3, 0.4) is 0 Å². The van der Waals surface area contributed by atoms with Gasteiger partial charge in [-0.2, -0.15) is 5.10 Å². The van der Waals surface area contributed by atoms with Gasteiger partial charge in [0.25, 0.3) is 0 Å². The van der Waals surface area contributed by atoms with Crippen molar-refractivity contribution >= 4 is 17.4 Å². The van der Waals surface area contributed by atoms with E-state index in [1.807, 2.05) is 29.8 Å². The van der Waals surface area contributed by atoms with Gasteiger partial charge in [0, 0.05) is 23.2 Å². The fourth-order valence-electron chi connectivity index (χ4n) is 1.61. The number of nitrogen functional groups attached to an aromatic ring is 1. The zero-order valence-corrected chi connectivity index (χ0v) is 11.3. The van der Waals surface area contributed by atoms with Gasteiger partial charge < -0.3 is 10.5 Å². The molecule has 2 N–H and O–H groups in total. The van der Waals surface area contributed by atoms with Gasteiger partial charge in [0.15, 0.2) is 0 Å². The number of anilines is 1. The van der Waals surface area contributed by atoms with Crippen LogP contribution in [0, 0.1) is 0 Å². The number of hydrogen-bond acceptors (Lipinski definition) is 5. The Hall–Kier alpha value is -1.69. The largest absolute Gasteiger partial charge is 0.496 e. The van der Waals surface area contributed by atoms with Crippen molar-refractivity contribution in [2.45, 2.75) is 24.1 Å². The average Bonchev–Trinajstić information content (AvgIpc) is 2.84. The first-order valence-corrected chi connectivity index (χ1v) is 6.66. The van der Waals surface area contributed by atoms with Crippen LogP contribution in [0.25, 0.3) is 0 Å². The van der Waals surface area contributed by atoms with Gasteiger partial charge in [-0.3, -0.25) is 0 Å². The molecular formula is C12H16N4OS. The third-order valence-corrected chi connectivity index (χ3v) is 3.59. The summed E-state index contributed by atoms with van der Waals surface area (Å²) in [7, 11) is 1.65. The molecule has 0 fully saturated rings. The predicted octanol–water partition coefficient (Wildman–Crippen LogP) is 2.18. The molecule has 0 atom stereocenters. The summed E-state index contributed by atoms with van der Waals surface area (Å²) in [5.41, 5.74) is 6.43. The van der Waals surface area contributed by atoms with Crippen molar-refractivity contribution in [3.05, 3.63) is 30.4 Å². The van der Waals surface area contributed by atoms with Crippen LogP contribution in [0.15, 0.2) is 29.4 Å². The summed E-state index contributed by atoms with van der Waals surface area (Å²) in [6.45, 7) is 2.88. The lowest BCUT2D eigenvalue weighted by Crippen LogP contribution is -2.02. The van der Waals surface area contributed by atoms with Crippen LogP contribution in [0.5, 0.6) is 5.75 Å². The molecule has 6 heteroatoms. The molecular weight excluding hydrogens is 248 g/mol. The Morgan fingerprint density at radius 1 is 1.44 bits per heavy atom. The summed E-state index contributed by atoms with van der Waals surface area (Å²) in [4.78, 5) is 5.29. The fourth-order valence-corrected chi connectivity index (χ4v) is 2.57. The van der Waals surface area contributed by atoms with E-state index >= 15 is 0 Å². The summed E-state index contributed by atoms with van der Waals surface area (Å²) in [5.74, 6) is 2.51. The van der Waals surface area contributed by atoms with Crippen molar-refractivity contribution in [3.63, 3.8) is 0 Å². The Bertz CT molecular complexity index is 527. The molecule has 96 valence electrons. The zero-order valence-electron chi connectivity index (χ0n) is 10.5. The molecule has 0 spiro atoms. The van der Waals surface area contributed by atoms with Crippen molar-refractivity contribution in [2.24, 2.45) is 0 Å². The SMILES string of the molecule is CCn1ncnc1CSc1ccc(N)cc1OC. The monoisotopic (exact) mass is 264 g/mol. The minimum atomic E-state index is 0.702. The number of methoxy groups -OCH3 is 1. The first-order valence-electron chi connectivity index (χ1n) is 5.67. The Labute approximate surface area is 110 Å². The molecule has 1 aromatic heterocycles. The van der Waals surface area contributed by atoms with Crippen LogP contribution in [0.2, 0.25) is 0 Å². The molecule has 0 bridgehead atoms. The highest BCUT2D eigenvalue weighted by atomic mass is 32.2. The van der Waals surface area contributed by atoms with E-state index in [0.29, 0.717) is 5.69 Å². The van der Waals surface area contributed by atoms with Crippen LogP contribution in [0.4, 0.5) is 5.69 Å². The summed E-state index contributed by atoms with van der Waals surface area (Å²) < 4.78 is 7.19. The van der Waals surface area contributed by atoms with E-state index in [-0.39, 0.29) is 0 Å². The van der Waals surface area contributed by atoms with E-state index in [2.05, 4.69) is 10.1 Å². The van der Waals surface area contributed by atoms with Crippen LogP contribution < -0.4 is 10.5 Å². The Morgan fingerprint density at radius 3 is 3.00 bits per heavy atom. The Morgan fingerprint density at radius 2 is 2.28 bits per heavy atom. The fraction of sp³-hybridized carbons (Fsp3) is 0.333. The van der Waals surface area contributed by atoms with Gasteiger partial charge >= 0.3 is 0 Å². The van der Waals surface area contributed by atoms with Crippen molar-refractivity contribution in [1.29, 1.82) is 0 Å². The third kappa shape index (κ3) is 2.76. The molecule has 0 amide bonds. The molecule has 0 radical (unpaired) electrons. The standard InChI is InChI=1S/C12H16N4OS/c1-3-16-12(14-8-15-16)7-18-11-5-4-9(13)6-10(11)17-2/h4-6,8H,3,7,13H2,1-2H3. The van der Waals surface area contributed by atoms with Crippen LogP contribution in [-0.4, -0.2) is 21.9 Å². The van der Waals surface area contributed by atoms with Crippen LogP contribution in [-0.2, 0) is 12.3 Å². The Balaban J connectivity index is 2.10. The number of hydrogen-bond donors (Lipinski definition) is 1. The molecule has 0 unspecified atom stereocenters. The maximum Gasteiger partial charge on any atom is 0.138 e. The molecule has 0 aliphatic carbocycles. The van der Waals surface area contributed by atoms with Crippen molar-refractivity contribution in [1.82, 2.24) is 14.8 Å². The van der Waals surface area contributed by atoms with E-state index in [9.17, 15) is 0 Å². The number of nitrogens with zero attached hydrogens (tertiary/aromatic N) is 3. The smallest absolute Gasteiger partial charge is 0.138 e. The van der Waals surface area contributed by atoms with Gasteiger partial charge in [0.05, 0.1) is 12.9 Å². The minimum Gasteiger partial charge on any atom is -0.496 e. The van der Waals surface area contributed by atoms with Crippen LogP contribution in [0.1, 0.15) is 12.7 Å². The zero-order chi connectivity index (χ0) is 13.0. The molecule has 0 saturated carbocycles. The number of benzene rings is 1. The molecule has 5 nitrogen and oxygen atoms in total. The number of thioether (sulfide) groups is 1. The Kier molecular flexibility index (Phi) is 4.09. The molecule has 2 aromatic rings. The number of ether oxygens (including phenoxy) is 1. The lowest BCUT2D eigenvalue weighted by atomic mass is 10.3. The highest BCUT2D eigenvalue weighted by Gasteiger charge is 2.07. The average molecular weight is 264 g/mol. The highest BCUT2D eigenvalue weighted by Crippen LogP contribution is 2.32. The van der Waals surface area contributed by atoms with E-state index in [0.717, 1.165) is 28.8 Å². The van der Waals surface area contributed by atoms with E-state index < -0.39 is 0 Å². The molecule has 1 heterocycles. The van der Waals surface area contributed by atoms with E-state index in [4.69, 9.17) is 10.5 Å². The van der Waals surface area contributed by atoms with Crippen molar-refractivity contribution in [3.8, 4) is 5.75 Å². The summed E-state index contributed by atoms with van der Waals surface area (Å²) in [6, 6.07) is 5.66. The molecule has 1 aromatic carbocycles. The van der Waals surface area contributed by atoms with E-state index in [1.165, 1.54) is 0 Å². The van der Waals surface area contributed by atoms with Gasteiger partial charge in [0.1, 0.15) is 17.9 Å². The van der Waals surface area contributed by atoms with Crippen LogP contribution >= 0.6 is 11.8 Å². The van der Waals surface area contributed by atoms with Gasteiger partial charge in [-0.15, -0.1) is 11.8 Å². The lowest BCUT2D eigenvalue weighted by molar-refractivity contribution is 0.405. The second kappa shape index (κ2) is 5.77. The summed E-state index contributed by atoms with van der Waals surface area (Å²) in [5, 5.41) is 4.14. The highest BCUT2D eigenvalue weighted by molar-refractivity contribution is 7.98. The molecule has 0 aliphatic heterocycles. The van der Waals surface area contributed by atoms with Gasteiger partial charge in [-0.05, 0) is 19.1 Å². The number of nitrogens with two attached hydrogens (primary N) is 1. The van der Waals surface area contributed by atoms with Crippen molar-refractivity contribution < 1.29 is 4.74 Å². The second-order valence-electron chi connectivity index (χ2n) is 3.69. The molecule has 0 aliphatic rings. The topological polar surface area (TPSA) is 66.0 Å². The molecule has 0 saturated heterocycles. The maximum atomic E-state index is 5.72.